The van der Waals surface area contributed by atoms with Crippen molar-refractivity contribution in [3.8, 4) is 5.75 Å². The van der Waals surface area contributed by atoms with Crippen LogP contribution in [0.4, 0.5) is 28.8 Å². The number of aromatic nitrogens is 3. The van der Waals surface area contributed by atoms with Crippen LogP contribution in [0.25, 0.3) is 17.0 Å². The fraction of sp³-hybridized carbons (Fsp3) is 0.382. The van der Waals surface area contributed by atoms with E-state index < -0.39 is 7.92 Å². The van der Waals surface area contributed by atoms with Crippen molar-refractivity contribution in [1.82, 2.24) is 25.2 Å². The van der Waals surface area contributed by atoms with Crippen molar-refractivity contribution in [2.75, 3.05) is 75.2 Å². The minimum atomic E-state index is -0.410. The first-order valence-electron chi connectivity index (χ1n) is 15.6. The monoisotopic (exact) mass is 688 g/mol. The fourth-order valence-electron chi connectivity index (χ4n) is 6.46. The second-order valence-electron chi connectivity index (χ2n) is 11.7. The molecule has 0 saturated carbocycles. The maximum atomic E-state index is 5.89. The van der Waals surface area contributed by atoms with Crippen LogP contribution in [0.5, 0.6) is 5.75 Å². The molecule has 0 atom stereocenters. The third-order valence-corrected chi connectivity index (χ3v) is 10.7. The molecule has 2 aliphatic heterocycles. The Morgan fingerprint density at radius 2 is 1.84 bits per heavy atom. The predicted octanol–water partition coefficient (Wildman–Crippen LogP) is 6.56. The molecular formula is C34H42BrN8OP. The lowest BCUT2D eigenvalue weighted by Gasteiger charge is -2.39. The van der Waals surface area contributed by atoms with Crippen LogP contribution < -0.4 is 30.9 Å². The summed E-state index contributed by atoms with van der Waals surface area (Å²) in [5.41, 5.74) is 4.93. The number of methoxy groups -OCH3 is 1. The molecule has 0 amide bonds. The van der Waals surface area contributed by atoms with E-state index in [-0.39, 0.29) is 0 Å². The highest BCUT2D eigenvalue weighted by atomic mass is 79.9. The standard InChI is InChI=1S/C34H42BrN8OP/c1-5-23-19-28(31(44-2)20-30(23)43-16-11-24(12-17-43)42-15-8-13-36-14-18-42)40-34-38-21-26(35)33(41-34)39-29-22-37-27-10-7-6-9-25(27)32(29)45(3)4/h5-7,9-10,19-22,24,36H,1,8,11-18H2,2-4H3,(H2,38,39,40,41). The Bertz CT molecular complexity index is 1650. The van der Waals surface area contributed by atoms with Gasteiger partial charge in [-0.05, 0) is 79.3 Å². The van der Waals surface area contributed by atoms with E-state index in [1.165, 1.54) is 18.3 Å². The van der Waals surface area contributed by atoms with Gasteiger partial charge in [0.15, 0.2) is 0 Å². The van der Waals surface area contributed by atoms with Crippen LogP contribution >= 0.6 is 23.9 Å². The summed E-state index contributed by atoms with van der Waals surface area (Å²) in [5.74, 6) is 1.85. The van der Waals surface area contributed by atoms with Crippen LogP contribution in [-0.4, -0.2) is 85.6 Å². The summed E-state index contributed by atoms with van der Waals surface area (Å²) in [5, 5.41) is 12.9. The molecule has 6 rings (SSSR count). The number of rotatable bonds is 9. The molecule has 0 spiro atoms. The third kappa shape index (κ3) is 7.09. The van der Waals surface area contributed by atoms with Crippen molar-refractivity contribution in [2.45, 2.75) is 25.3 Å². The largest absolute Gasteiger partial charge is 0.494 e. The van der Waals surface area contributed by atoms with Gasteiger partial charge in [0, 0.05) is 60.9 Å². The summed E-state index contributed by atoms with van der Waals surface area (Å²) < 4.78 is 6.65. The molecule has 0 unspecified atom stereocenters. The molecule has 4 aromatic rings. The maximum absolute atomic E-state index is 5.89. The van der Waals surface area contributed by atoms with E-state index in [9.17, 15) is 0 Å². The minimum absolute atomic E-state index is 0.410. The number of hydrogen-bond acceptors (Lipinski definition) is 9. The normalized spacial score (nSPS) is 16.5. The molecule has 2 aromatic heterocycles. The Hall–Kier alpha value is -3.30. The molecule has 2 aromatic carbocycles. The molecule has 0 bridgehead atoms. The Kier molecular flexibility index (Phi) is 10.1. The highest BCUT2D eigenvalue weighted by Crippen LogP contribution is 2.38. The van der Waals surface area contributed by atoms with Gasteiger partial charge in [0.1, 0.15) is 11.6 Å². The van der Waals surface area contributed by atoms with Gasteiger partial charge in [-0.3, -0.25) is 9.88 Å². The van der Waals surface area contributed by atoms with Gasteiger partial charge in [-0.1, -0.05) is 38.8 Å². The van der Waals surface area contributed by atoms with Crippen molar-refractivity contribution in [3.05, 3.63) is 65.4 Å². The van der Waals surface area contributed by atoms with Crippen molar-refractivity contribution in [3.63, 3.8) is 0 Å². The number of pyridine rings is 1. The fourth-order valence-corrected chi connectivity index (χ4v) is 8.01. The quantitative estimate of drug-likeness (QED) is 0.169. The van der Waals surface area contributed by atoms with Crippen LogP contribution in [0.3, 0.4) is 0 Å². The van der Waals surface area contributed by atoms with E-state index in [0.717, 1.165) is 89.3 Å². The number of piperidine rings is 1. The van der Waals surface area contributed by atoms with Gasteiger partial charge < -0.3 is 25.6 Å². The molecule has 4 heterocycles. The van der Waals surface area contributed by atoms with Crippen molar-refractivity contribution in [2.24, 2.45) is 0 Å². The SMILES string of the molecule is C=Cc1cc(Nc2ncc(Br)c(Nc3cnc4ccccc4c3P(C)C)n2)c(OC)cc1N1CCC(N2CCCNCC2)CC1. The van der Waals surface area contributed by atoms with Gasteiger partial charge in [0.2, 0.25) is 5.95 Å². The molecule has 45 heavy (non-hydrogen) atoms. The first-order chi connectivity index (χ1) is 21.9. The Morgan fingerprint density at radius 3 is 2.62 bits per heavy atom. The summed E-state index contributed by atoms with van der Waals surface area (Å²) in [6, 6.07) is 13.1. The molecule has 11 heteroatoms. The molecule has 9 nitrogen and oxygen atoms in total. The average molecular weight is 690 g/mol. The maximum Gasteiger partial charge on any atom is 0.229 e. The molecule has 2 fully saturated rings. The summed E-state index contributed by atoms with van der Waals surface area (Å²) >= 11 is 3.64. The van der Waals surface area contributed by atoms with E-state index in [4.69, 9.17) is 14.7 Å². The lowest BCUT2D eigenvalue weighted by Crippen LogP contribution is -2.46. The third-order valence-electron chi connectivity index (χ3n) is 8.70. The summed E-state index contributed by atoms with van der Waals surface area (Å²) in [7, 11) is 1.29. The van der Waals surface area contributed by atoms with Gasteiger partial charge in [-0.2, -0.15) is 4.98 Å². The summed E-state index contributed by atoms with van der Waals surface area (Å²) in [4.78, 5) is 19.3. The van der Waals surface area contributed by atoms with Crippen molar-refractivity contribution < 1.29 is 4.74 Å². The number of anilines is 5. The van der Waals surface area contributed by atoms with E-state index in [1.54, 1.807) is 13.3 Å². The second-order valence-corrected chi connectivity index (χ2v) is 14.8. The van der Waals surface area contributed by atoms with Crippen molar-refractivity contribution in [1.29, 1.82) is 0 Å². The van der Waals surface area contributed by atoms with Gasteiger partial charge in [0.25, 0.3) is 0 Å². The van der Waals surface area contributed by atoms with Crippen LogP contribution in [-0.2, 0) is 0 Å². The van der Waals surface area contributed by atoms with E-state index in [1.807, 2.05) is 18.3 Å². The number of fused-ring (bicyclic) bond motifs is 1. The lowest BCUT2D eigenvalue weighted by molar-refractivity contribution is 0.180. The van der Waals surface area contributed by atoms with Crippen LogP contribution in [0, 0.1) is 0 Å². The Labute approximate surface area is 275 Å². The molecule has 236 valence electrons. The zero-order valence-electron chi connectivity index (χ0n) is 26.3. The van der Waals surface area contributed by atoms with Gasteiger partial charge in [0.05, 0.1) is 34.7 Å². The summed E-state index contributed by atoms with van der Waals surface area (Å²) in [6.07, 6.45) is 9.12. The lowest BCUT2D eigenvalue weighted by atomic mass is 10.0. The summed E-state index contributed by atoms with van der Waals surface area (Å²) in [6.45, 7) is 15.2. The zero-order chi connectivity index (χ0) is 31.3. The Balaban J connectivity index is 1.22. The van der Waals surface area contributed by atoms with E-state index in [2.05, 4.69) is 96.9 Å². The van der Waals surface area contributed by atoms with Gasteiger partial charge in [-0.25, -0.2) is 4.98 Å². The van der Waals surface area contributed by atoms with E-state index in [0.29, 0.717) is 17.8 Å². The topological polar surface area (TPSA) is 90.5 Å². The minimum Gasteiger partial charge on any atom is -0.494 e. The molecule has 2 saturated heterocycles. The number of hydrogen-bond donors (Lipinski definition) is 3. The first kappa shape index (κ1) is 31.7. The zero-order valence-corrected chi connectivity index (χ0v) is 28.8. The number of nitrogens with zero attached hydrogens (tertiary/aromatic N) is 5. The van der Waals surface area contributed by atoms with Gasteiger partial charge in [-0.15, -0.1) is 0 Å². The van der Waals surface area contributed by atoms with Crippen LogP contribution in [0.15, 0.2) is 59.8 Å². The smallest absolute Gasteiger partial charge is 0.229 e. The average Bonchev–Trinajstić information content (AvgIpc) is 3.36. The first-order valence-corrected chi connectivity index (χ1v) is 18.6. The van der Waals surface area contributed by atoms with E-state index >= 15 is 0 Å². The molecular weight excluding hydrogens is 647 g/mol. The number of para-hydroxylation sites is 1. The molecule has 3 N–H and O–H groups in total. The molecule has 2 aliphatic rings. The predicted molar refractivity (Wildman–Crippen MR) is 194 cm³/mol. The Morgan fingerprint density at radius 1 is 1.02 bits per heavy atom. The van der Waals surface area contributed by atoms with Crippen molar-refractivity contribution >= 4 is 75.0 Å². The highest BCUT2D eigenvalue weighted by Gasteiger charge is 2.27. The van der Waals surface area contributed by atoms with Gasteiger partial charge >= 0.3 is 0 Å². The second kappa shape index (κ2) is 14.4. The number of nitrogens with one attached hydrogen (secondary N) is 3. The number of halogens is 1. The van der Waals surface area contributed by atoms with Crippen LogP contribution in [0.2, 0.25) is 0 Å². The van der Waals surface area contributed by atoms with Crippen LogP contribution in [0.1, 0.15) is 24.8 Å². The molecule has 0 radical (unpaired) electrons. The number of ether oxygens (including phenoxy) is 1. The number of benzene rings is 2. The molecule has 0 aliphatic carbocycles. The highest BCUT2D eigenvalue weighted by molar-refractivity contribution is 9.10.